The van der Waals surface area contributed by atoms with E-state index in [9.17, 15) is 19.6 Å². The lowest BCUT2D eigenvalue weighted by atomic mass is 10.1. The van der Waals surface area contributed by atoms with E-state index in [0.717, 1.165) is 10.1 Å². The van der Waals surface area contributed by atoms with Crippen molar-refractivity contribution in [1.82, 2.24) is 14.5 Å². The topological polar surface area (TPSA) is 115 Å². The fraction of sp³-hybridized carbons (Fsp3) is 0.368. The van der Waals surface area contributed by atoms with E-state index in [4.69, 9.17) is 9.47 Å². The molecule has 0 fully saturated rings. The third-order valence-electron chi connectivity index (χ3n) is 5.02. The second-order valence-corrected chi connectivity index (χ2v) is 6.76. The van der Waals surface area contributed by atoms with E-state index in [0.29, 0.717) is 36.6 Å². The molecule has 0 unspecified atom stereocenters. The molecule has 144 valence electrons. The lowest BCUT2D eigenvalue weighted by Crippen LogP contribution is -2.45. The molecule has 2 aliphatic rings. The van der Waals surface area contributed by atoms with Crippen LogP contribution < -0.4 is 26.0 Å². The van der Waals surface area contributed by atoms with E-state index >= 15 is 0 Å². The summed E-state index contributed by atoms with van der Waals surface area (Å²) in [6.45, 7) is 1.94. The molecule has 0 spiro atoms. The van der Waals surface area contributed by atoms with E-state index in [1.807, 2.05) is 12.1 Å². The first kappa shape index (κ1) is 17.9. The van der Waals surface area contributed by atoms with Crippen LogP contribution in [0.4, 0.5) is 0 Å². The van der Waals surface area contributed by atoms with Crippen LogP contribution in [0.15, 0.2) is 27.8 Å². The predicted octanol–water partition coefficient (Wildman–Crippen LogP) is 0.434. The van der Waals surface area contributed by atoms with E-state index in [1.54, 1.807) is 19.1 Å². The monoisotopic (exact) mass is 382 g/mol. The smallest absolute Gasteiger partial charge is 0.331 e. The molecule has 1 aromatic carbocycles. The van der Waals surface area contributed by atoms with Crippen molar-refractivity contribution in [3.63, 3.8) is 0 Å². The molecule has 0 saturated carbocycles. The standard InChI is InChI=1S/C19H18N4O5/c1-11(12-4-5-15-16(7-12)28-10-27-15)21-17(24)9-23-18(25)13(8-20)14-3-2-6-22(14)19(23)26/h4-5,7,11H,2-3,6,9-10H2,1H3,(H,21,24)/t11-/m0/s1. The summed E-state index contributed by atoms with van der Waals surface area (Å²) in [6, 6.07) is 6.85. The molecule has 2 aromatic rings. The molecule has 9 heteroatoms. The van der Waals surface area contributed by atoms with Crippen molar-refractivity contribution in [3.8, 4) is 17.6 Å². The van der Waals surface area contributed by atoms with Crippen LogP contribution in [-0.4, -0.2) is 21.8 Å². The Morgan fingerprint density at radius 2 is 2.11 bits per heavy atom. The van der Waals surface area contributed by atoms with Crippen LogP contribution in [0.3, 0.4) is 0 Å². The lowest BCUT2D eigenvalue weighted by Gasteiger charge is -2.16. The number of nitrogens with zero attached hydrogens (tertiary/aromatic N) is 3. The zero-order valence-electron chi connectivity index (χ0n) is 15.2. The lowest BCUT2D eigenvalue weighted by molar-refractivity contribution is -0.122. The molecule has 0 saturated heterocycles. The van der Waals surface area contributed by atoms with Gasteiger partial charge in [0.1, 0.15) is 18.2 Å². The van der Waals surface area contributed by atoms with Gasteiger partial charge in [-0.3, -0.25) is 14.2 Å². The van der Waals surface area contributed by atoms with Crippen molar-refractivity contribution in [2.24, 2.45) is 0 Å². The van der Waals surface area contributed by atoms with Gasteiger partial charge in [-0.05, 0) is 37.5 Å². The first-order valence-corrected chi connectivity index (χ1v) is 8.95. The van der Waals surface area contributed by atoms with Gasteiger partial charge in [0, 0.05) is 12.2 Å². The second kappa shape index (κ2) is 6.88. The van der Waals surface area contributed by atoms with E-state index in [-0.39, 0.29) is 18.4 Å². The zero-order valence-corrected chi connectivity index (χ0v) is 15.2. The van der Waals surface area contributed by atoms with Crippen LogP contribution in [0.2, 0.25) is 0 Å². The molecule has 1 atom stereocenters. The summed E-state index contributed by atoms with van der Waals surface area (Å²) >= 11 is 0. The van der Waals surface area contributed by atoms with Crippen LogP contribution in [-0.2, 0) is 24.3 Å². The van der Waals surface area contributed by atoms with Gasteiger partial charge in [-0.25, -0.2) is 9.36 Å². The number of carbonyl (C=O) groups excluding carboxylic acids is 1. The van der Waals surface area contributed by atoms with Crippen LogP contribution in [0.5, 0.6) is 11.5 Å². The SMILES string of the molecule is C[C@H](NC(=O)Cn1c(=O)c(C#N)c2n(c1=O)CCC2)c1ccc2c(c1)OCO2. The summed E-state index contributed by atoms with van der Waals surface area (Å²) in [6.07, 6.45) is 1.21. The van der Waals surface area contributed by atoms with Crippen LogP contribution in [0.1, 0.15) is 36.2 Å². The highest BCUT2D eigenvalue weighted by molar-refractivity contribution is 5.76. The van der Waals surface area contributed by atoms with Gasteiger partial charge in [-0.15, -0.1) is 0 Å². The van der Waals surface area contributed by atoms with E-state index in [2.05, 4.69) is 5.32 Å². The van der Waals surface area contributed by atoms with Gasteiger partial charge in [0.15, 0.2) is 11.5 Å². The van der Waals surface area contributed by atoms with Gasteiger partial charge < -0.3 is 14.8 Å². The van der Waals surface area contributed by atoms with Crippen LogP contribution in [0.25, 0.3) is 0 Å². The molecule has 28 heavy (non-hydrogen) atoms. The number of benzene rings is 1. The van der Waals surface area contributed by atoms with Crippen molar-refractivity contribution < 1.29 is 14.3 Å². The van der Waals surface area contributed by atoms with Gasteiger partial charge >= 0.3 is 5.69 Å². The Bertz CT molecular complexity index is 1120. The molecule has 9 nitrogen and oxygen atoms in total. The highest BCUT2D eigenvalue weighted by atomic mass is 16.7. The largest absolute Gasteiger partial charge is 0.454 e. The van der Waals surface area contributed by atoms with Crippen molar-refractivity contribution in [2.75, 3.05) is 6.79 Å². The van der Waals surface area contributed by atoms with Crippen molar-refractivity contribution >= 4 is 5.91 Å². The Hall–Kier alpha value is -3.54. The zero-order chi connectivity index (χ0) is 19.8. The maximum absolute atomic E-state index is 12.6. The number of ether oxygens (including phenoxy) is 2. The molecule has 1 amide bonds. The summed E-state index contributed by atoms with van der Waals surface area (Å²) in [5.74, 6) is 0.751. The van der Waals surface area contributed by atoms with Gasteiger partial charge in [-0.2, -0.15) is 5.26 Å². The molecule has 0 radical (unpaired) electrons. The summed E-state index contributed by atoms with van der Waals surface area (Å²) < 4.78 is 12.8. The average molecular weight is 382 g/mol. The molecular weight excluding hydrogens is 364 g/mol. The minimum atomic E-state index is -0.716. The number of aromatic nitrogens is 2. The summed E-state index contributed by atoms with van der Waals surface area (Å²) in [5.41, 5.74) is -0.0705. The van der Waals surface area contributed by atoms with Gasteiger partial charge in [0.2, 0.25) is 12.7 Å². The quantitative estimate of drug-likeness (QED) is 0.820. The molecule has 1 aromatic heterocycles. The number of hydrogen-bond donors (Lipinski definition) is 1. The average Bonchev–Trinajstić information content (AvgIpc) is 3.34. The minimum Gasteiger partial charge on any atom is -0.454 e. The van der Waals surface area contributed by atoms with Gasteiger partial charge in [0.05, 0.1) is 6.04 Å². The third kappa shape index (κ3) is 2.93. The Morgan fingerprint density at radius 3 is 2.89 bits per heavy atom. The van der Waals surface area contributed by atoms with Crippen LogP contribution in [0, 0.1) is 11.3 Å². The first-order chi connectivity index (χ1) is 13.5. The Labute approximate surface area is 159 Å². The molecule has 4 rings (SSSR count). The number of rotatable bonds is 4. The Balaban J connectivity index is 1.55. The first-order valence-electron chi connectivity index (χ1n) is 8.95. The van der Waals surface area contributed by atoms with Crippen molar-refractivity contribution in [2.45, 2.75) is 38.9 Å². The molecule has 2 aliphatic heterocycles. The van der Waals surface area contributed by atoms with Crippen LogP contribution >= 0.6 is 0 Å². The van der Waals surface area contributed by atoms with Gasteiger partial charge in [-0.1, -0.05) is 6.07 Å². The Kier molecular flexibility index (Phi) is 4.39. The third-order valence-corrected chi connectivity index (χ3v) is 5.02. The number of amides is 1. The Morgan fingerprint density at radius 1 is 1.32 bits per heavy atom. The molecular formula is C19H18N4O5. The van der Waals surface area contributed by atoms with E-state index < -0.39 is 23.7 Å². The highest BCUT2D eigenvalue weighted by Crippen LogP contribution is 2.34. The number of hydrogen-bond acceptors (Lipinski definition) is 6. The maximum atomic E-state index is 12.6. The minimum absolute atomic E-state index is 0.0614. The molecule has 1 N–H and O–H groups in total. The normalized spacial score (nSPS) is 15.0. The fourth-order valence-corrected chi connectivity index (χ4v) is 3.58. The highest BCUT2D eigenvalue weighted by Gasteiger charge is 2.24. The van der Waals surface area contributed by atoms with Crippen molar-refractivity contribution in [3.05, 3.63) is 55.9 Å². The molecule has 3 heterocycles. The summed E-state index contributed by atoms with van der Waals surface area (Å²) in [4.78, 5) is 37.6. The second-order valence-electron chi connectivity index (χ2n) is 6.76. The molecule has 0 bridgehead atoms. The maximum Gasteiger partial charge on any atom is 0.331 e. The predicted molar refractivity (Wildman–Crippen MR) is 97.1 cm³/mol. The van der Waals surface area contributed by atoms with E-state index in [1.165, 1.54) is 4.57 Å². The summed E-state index contributed by atoms with van der Waals surface area (Å²) in [5, 5.41) is 12.1. The number of carbonyl (C=O) groups is 1. The summed E-state index contributed by atoms with van der Waals surface area (Å²) in [7, 11) is 0. The number of fused-ring (bicyclic) bond motifs is 2. The molecule has 0 aliphatic carbocycles. The number of nitriles is 1. The number of nitrogens with one attached hydrogen (secondary N) is 1. The van der Waals surface area contributed by atoms with Crippen molar-refractivity contribution in [1.29, 1.82) is 5.26 Å². The van der Waals surface area contributed by atoms with Gasteiger partial charge in [0.25, 0.3) is 5.56 Å². The fourth-order valence-electron chi connectivity index (χ4n) is 3.58.